The molecule has 0 fully saturated rings. The van der Waals surface area contributed by atoms with Crippen molar-refractivity contribution in [3.63, 3.8) is 0 Å². The number of aromatic hydroxyl groups is 1. The quantitative estimate of drug-likeness (QED) is 0.547. The van der Waals surface area contributed by atoms with Gasteiger partial charge in [-0.25, -0.2) is 4.79 Å². The van der Waals surface area contributed by atoms with E-state index in [1.807, 2.05) is 0 Å². The highest BCUT2D eigenvalue weighted by Gasteiger charge is 2.30. The molecular formula is C24H20F3NO4. The number of nitrogens with one attached hydrogen (secondary N) is 1. The summed E-state index contributed by atoms with van der Waals surface area (Å²) in [4.78, 5) is 24.8. The van der Waals surface area contributed by atoms with Crippen LogP contribution in [0, 0.1) is 0 Å². The minimum absolute atomic E-state index is 0.0838. The first-order valence-electron chi connectivity index (χ1n) is 9.61. The molecule has 3 aromatic rings. The van der Waals surface area contributed by atoms with Gasteiger partial charge < -0.3 is 15.2 Å². The Labute approximate surface area is 182 Å². The number of ether oxygens (including phenoxy) is 1. The number of phenols is 1. The molecule has 2 N–H and O–H groups in total. The summed E-state index contributed by atoms with van der Waals surface area (Å²) in [6, 6.07) is 16.3. The van der Waals surface area contributed by atoms with Crippen molar-refractivity contribution in [1.29, 1.82) is 0 Å². The van der Waals surface area contributed by atoms with Gasteiger partial charge in [0.1, 0.15) is 11.8 Å². The van der Waals surface area contributed by atoms with E-state index >= 15 is 0 Å². The van der Waals surface area contributed by atoms with Gasteiger partial charge in [0, 0.05) is 12.0 Å². The third-order valence-electron chi connectivity index (χ3n) is 4.86. The van der Waals surface area contributed by atoms with Crippen LogP contribution in [0.3, 0.4) is 0 Å². The molecule has 5 nitrogen and oxygen atoms in total. The number of alkyl halides is 3. The summed E-state index contributed by atoms with van der Waals surface area (Å²) in [5.74, 6) is -1.04. The number of carbonyl (C=O) groups excluding carboxylic acids is 2. The smallest absolute Gasteiger partial charge is 0.416 e. The standard InChI is InChI=1S/C24H20F3NO4/c1-32-23(31)21(14-15-2-12-20(29)13-3-15)28-22(30)18-6-4-16(5-7-18)17-8-10-19(11-9-17)24(25,26)27/h2-13,21,29H,14H2,1H3,(H,28,30)/t21-/m0/s1. The Morgan fingerprint density at radius 1 is 0.906 bits per heavy atom. The van der Waals surface area contributed by atoms with E-state index in [9.17, 15) is 27.9 Å². The van der Waals surface area contributed by atoms with Crippen LogP contribution < -0.4 is 5.32 Å². The molecule has 0 aliphatic carbocycles. The number of methoxy groups -OCH3 is 1. The number of esters is 1. The number of amides is 1. The lowest BCUT2D eigenvalue weighted by Gasteiger charge is -2.17. The Morgan fingerprint density at radius 2 is 1.44 bits per heavy atom. The zero-order valence-electron chi connectivity index (χ0n) is 17.0. The van der Waals surface area contributed by atoms with Crippen LogP contribution in [0.15, 0.2) is 72.8 Å². The number of carbonyl (C=O) groups is 2. The maximum atomic E-state index is 12.7. The highest BCUT2D eigenvalue weighted by Crippen LogP contribution is 2.31. The van der Waals surface area contributed by atoms with Crippen LogP contribution in [-0.4, -0.2) is 30.1 Å². The lowest BCUT2D eigenvalue weighted by Crippen LogP contribution is -2.43. The van der Waals surface area contributed by atoms with Gasteiger partial charge in [-0.3, -0.25) is 4.79 Å². The second-order valence-electron chi connectivity index (χ2n) is 7.07. The van der Waals surface area contributed by atoms with Gasteiger partial charge in [-0.2, -0.15) is 13.2 Å². The minimum Gasteiger partial charge on any atom is -0.508 e. The minimum atomic E-state index is -4.41. The van der Waals surface area contributed by atoms with E-state index in [0.29, 0.717) is 11.1 Å². The van der Waals surface area contributed by atoms with E-state index < -0.39 is 29.7 Å². The van der Waals surface area contributed by atoms with Gasteiger partial charge in [0.15, 0.2) is 0 Å². The summed E-state index contributed by atoms with van der Waals surface area (Å²) in [6.07, 6.45) is -4.24. The van der Waals surface area contributed by atoms with Crippen LogP contribution in [0.2, 0.25) is 0 Å². The summed E-state index contributed by atoms with van der Waals surface area (Å²) in [5, 5.41) is 12.0. The molecular weight excluding hydrogens is 423 g/mol. The van der Waals surface area contributed by atoms with Crippen molar-refractivity contribution in [2.75, 3.05) is 7.11 Å². The van der Waals surface area contributed by atoms with Gasteiger partial charge in [0.25, 0.3) is 5.91 Å². The van der Waals surface area contributed by atoms with E-state index in [4.69, 9.17) is 4.74 Å². The average molecular weight is 443 g/mol. The van der Waals surface area contributed by atoms with E-state index in [-0.39, 0.29) is 17.7 Å². The van der Waals surface area contributed by atoms with E-state index in [0.717, 1.165) is 17.7 Å². The van der Waals surface area contributed by atoms with Crippen molar-refractivity contribution in [1.82, 2.24) is 5.32 Å². The molecule has 32 heavy (non-hydrogen) atoms. The van der Waals surface area contributed by atoms with Crippen LogP contribution >= 0.6 is 0 Å². The fraction of sp³-hybridized carbons (Fsp3) is 0.167. The second kappa shape index (κ2) is 9.55. The second-order valence-corrected chi connectivity index (χ2v) is 7.07. The SMILES string of the molecule is COC(=O)[C@H](Cc1ccc(O)cc1)NC(=O)c1ccc(-c2ccc(C(F)(F)F)cc2)cc1. The maximum Gasteiger partial charge on any atom is 0.416 e. The van der Waals surface area contributed by atoms with Crippen molar-refractivity contribution in [3.8, 4) is 16.9 Å². The molecule has 0 unspecified atom stereocenters. The monoisotopic (exact) mass is 443 g/mol. The number of benzene rings is 3. The normalized spacial score (nSPS) is 12.1. The predicted molar refractivity (Wildman–Crippen MR) is 112 cm³/mol. The molecule has 0 bridgehead atoms. The Hall–Kier alpha value is -3.81. The molecule has 8 heteroatoms. The van der Waals surface area contributed by atoms with Crippen LogP contribution in [0.1, 0.15) is 21.5 Å². The molecule has 0 saturated heterocycles. The van der Waals surface area contributed by atoms with Crippen LogP contribution in [0.4, 0.5) is 13.2 Å². The molecule has 0 saturated carbocycles. The van der Waals surface area contributed by atoms with Crippen molar-refractivity contribution in [3.05, 3.63) is 89.5 Å². The Balaban J connectivity index is 1.72. The Morgan fingerprint density at radius 3 is 1.94 bits per heavy atom. The zero-order valence-corrected chi connectivity index (χ0v) is 17.0. The highest BCUT2D eigenvalue weighted by molar-refractivity contribution is 5.97. The van der Waals surface area contributed by atoms with Gasteiger partial charge in [0.05, 0.1) is 12.7 Å². The first kappa shape index (κ1) is 22.9. The summed E-state index contributed by atoms with van der Waals surface area (Å²) in [5.41, 5.74) is 1.48. The number of phenolic OH excluding ortho intramolecular Hbond substituents is 1. The Bertz CT molecular complexity index is 1080. The largest absolute Gasteiger partial charge is 0.508 e. The Kier molecular flexibility index (Phi) is 6.82. The van der Waals surface area contributed by atoms with Crippen molar-refractivity contribution >= 4 is 11.9 Å². The van der Waals surface area contributed by atoms with E-state index in [2.05, 4.69) is 5.32 Å². The predicted octanol–water partition coefficient (Wildman–Crippen LogP) is 4.59. The number of halogens is 3. The fourth-order valence-corrected chi connectivity index (χ4v) is 3.11. The average Bonchev–Trinajstić information content (AvgIpc) is 2.79. The molecule has 0 aromatic heterocycles. The summed E-state index contributed by atoms with van der Waals surface area (Å²) in [6.45, 7) is 0. The van der Waals surface area contributed by atoms with E-state index in [1.54, 1.807) is 24.3 Å². The molecule has 3 aromatic carbocycles. The molecule has 0 aliphatic rings. The third kappa shape index (κ3) is 5.66. The topological polar surface area (TPSA) is 75.6 Å². The molecule has 3 rings (SSSR count). The van der Waals surface area contributed by atoms with Crippen molar-refractivity contribution in [2.24, 2.45) is 0 Å². The zero-order chi connectivity index (χ0) is 23.3. The first-order chi connectivity index (χ1) is 15.2. The number of hydrogen-bond donors (Lipinski definition) is 2. The summed E-state index contributed by atoms with van der Waals surface area (Å²) < 4.78 is 42.9. The summed E-state index contributed by atoms with van der Waals surface area (Å²) in [7, 11) is 1.22. The number of rotatable bonds is 6. The molecule has 0 spiro atoms. The van der Waals surface area contributed by atoms with E-state index in [1.165, 1.54) is 43.5 Å². The number of hydrogen-bond acceptors (Lipinski definition) is 4. The van der Waals surface area contributed by atoms with Crippen LogP contribution in [0.25, 0.3) is 11.1 Å². The molecule has 1 atom stereocenters. The third-order valence-corrected chi connectivity index (χ3v) is 4.86. The maximum absolute atomic E-state index is 12.7. The lowest BCUT2D eigenvalue weighted by molar-refractivity contribution is -0.143. The van der Waals surface area contributed by atoms with Crippen LogP contribution in [-0.2, 0) is 22.1 Å². The lowest BCUT2D eigenvalue weighted by atomic mass is 10.0. The van der Waals surface area contributed by atoms with Gasteiger partial charge in [0.2, 0.25) is 0 Å². The molecule has 0 heterocycles. The van der Waals surface area contributed by atoms with Crippen LogP contribution in [0.5, 0.6) is 5.75 Å². The molecule has 166 valence electrons. The summed E-state index contributed by atoms with van der Waals surface area (Å²) >= 11 is 0. The van der Waals surface area contributed by atoms with Gasteiger partial charge in [-0.05, 0) is 53.1 Å². The molecule has 0 aliphatic heterocycles. The van der Waals surface area contributed by atoms with Gasteiger partial charge in [-0.1, -0.05) is 36.4 Å². The van der Waals surface area contributed by atoms with Gasteiger partial charge in [-0.15, -0.1) is 0 Å². The molecule has 0 radical (unpaired) electrons. The van der Waals surface area contributed by atoms with Crippen molar-refractivity contribution < 1.29 is 32.6 Å². The highest BCUT2D eigenvalue weighted by atomic mass is 19.4. The first-order valence-corrected chi connectivity index (χ1v) is 9.61. The van der Waals surface area contributed by atoms with Crippen molar-refractivity contribution in [2.45, 2.75) is 18.6 Å². The van der Waals surface area contributed by atoms with Gasteiger partial charge >= 0.3 is 12.1 Å². The fourth-order valence-electron chi connectivity index (χ4n) is 3.11. The molecule has 1 amide bonds.